The van der Waals surface area contributed by atoms with Crippen LogP contribution in [0.4, 0.5) is 0 Å². The molecule has 0 spiro atoms. The maximum atomic E-state index is 5.37. The van der Waals surface area contributed by atoms with Crippen molar-refractivity contribution in [2.24, 2.45) is 5.16 Å². The first kappa shape index (κ1) is 9.96. The standard InChI is InChI=1S/C11H12INO/c12-8-10-6-7-11(13-14-10)9-4-2-1-3-5-9/h1-5,10H,6-8H2. The molecule has 0 radical (unpaired) electrons. The summed E-state index contributed by atoms with van der Waals surface area (Å²) >= 11 is 2.33. The quantitative estimate of drug-likeness (QED) is 0.608. The number of benzene rings is 1. The lowest BCUT2D eigenvalue weighted by Gasteiger charge is -2.19. The van der Waals surface area contributed by atoms with Crippen LogP contribution in [0.5, 0.6) is 0 Å². The lowest BCUT2D eigenvalue weighted by atomic mass is 10.0. The number of rotatable bonds is 2. The van der Waals surface area contributed by atoms with Gasteiger partial charge in [-0.2, -0.15) is 0 Å². The molecular weight excluding hydrogens is 289 g/mol. The van der Waals surface area contributed by atoms with Crippen LogP contribution in [0.2, 0.25) is 0 Å². The van der Waals surface area contributed by atoms with Crippen molar-refractivity contribution in [3.8, 4) is 0 Å². The van der Waals surface area contributed by atoms with Crippen LogP contribution < -0.4 is 0 Å². The number of hydrogen-bond acceptors (Lipinski definition) is 2. The molecule has 2 nitrogen and oxygen atoms in total. The van der Waals surface area contributed by atoms with E-state index in [4.69, 9.17) is 4.84 Å². The molecular formula is C11H12INO. The summed E-state index contributed by atoms with van der Waals surface area (Å²) < 4.78 is 1.02. The maximum absolute atomic E-state index is 5.37. The van der Waals surface area contributed by atoms with E-state index in [-0.39, 0.29) is 0 Å². The molecule has 0 amide bonds. The second kappa shape index (κ2) is 4.77. The van der Waals surface area contributed by atoms with Gasteiger partial charge < -0.3 is 4.84 Å². The first-order valence-corrected chi connectivity index (χ1v) is 6.27. The lowest BCUT2D eigenvalue weighted by molar-refractivity contribution is 0.0626. The van der Waals surface area contributed by atoms with Gasteiger partial charge in [0.2, 0.25) is 0 Å². The zero-order chi connectivity index (χ0) is 9.80. The second-order valence-electron chi connectivity index (χ2n) is 3.32. The minimum absolute atomic E-state index is 0.308. The predicted octanol–water partition coefficient (Wildman–Crippen LogP) is 3.00. The molecule has 1 aromatic carbocycles. The Morgan fingerprint density at radius 1 is 1.36 bits per heavy atom. The van der Waals surface area contributed by atoms with Crippen molar-refractivity contribution in [2.75, 3.05) is 4.43 Å². The minimum Gasteiger partial charge on any atom is -0.391 e. The van der Waals surface area contributed by atoms with Gasteiger partial charge in [-0.3, -0.25) is 0 Å². The topological polar surface area (TPSA) is 21.6 Å². The molecule has 1 aromatic rings. The highest BCUT2D eigenvalue weighted by molar-refractivity contribution is 14.1. The second-order valence-corrected chi connectivity index (χ2v) is 4.21. The molecule has 14 heavy (non-hydrogen) atoms. The summed E-state index contributed by atoms with van der Waals surface area (Å²) in [7, 11) is 0. The Kier molecular flexibility index (Phi) is 3.39. The summed E-state index contributed by atoms with van der Waals surface area (Å²) in [6.07, 6.45) is 2.41. The van der Waals surface area contributed by atoms with Crippen molar-refractivity contribution in [1.29, 1.82) is 0 Å². The van der Waals surface area contributed by atoms with Crippen LogP contribution >= 0.6 is 22.6 Å². The molecule has 1 atom stereocenters. The summed E-state index contributed by atoms with van der Waals surface area (Å²) in [5.74, 6) is 0. The molecule has 3 heteroatoms. The van der Waals surface area contributed by atoms with Crippen LogP contribution in [0.1, 0.15) is 18.4 Å². The van der Waals surface area contributed by atoms with Crippen LogP contribution in [0.15, 0.2) is 35.5 Å². The van der Waals surface area contributed by atoms with Crippen LogP contribution in [0, 0.1) is 0 Å². The summed E-state index contributed by atoms with van der Waals surface area (Å²) in [6, 6.07) is 10.2. The van der Waals surface area contributed by atoms with Crippen molar-refractivity contribution in [1.82, 2.24) is 0 Å². The largest absolute Gasteiger partial charge is 0.391 e. The molecule has 1 unspecified atom stereocenters. The van der Waals surface area contributed by atoms with Crippen LogP contribution in [-0.2, 0) is 4.84 Å². The van der Waals surface area contributed by atoms with Gasteiger partial charge in [-0.15, -0.1) is 0 Å². The van der Waals surface area contributed by atoms with Gasteiger partial charge in [0.05, 0.1) is 5.71 Å². The van der Waals surface area contributed by atoms with E-state index < -0.39 is 0 Å². The molecule has 0 saturated carbocycles. The Morgan fingerprint density at radius 2 is 2.14 bits per heavy atom. The van der Waals surface area contributed by atoms with E-state index in [0.717, 1.165) is 23.0 Å². The zero-order valence-corrected chi connectivity index (χ0v) is 9.98. The Hall–Kier alpha value is -0.580. The molecule has 0 aromatic heterocycles. The van der Waals surface area contributed by atoms with Gasteiger partial charge in [0.15, 0.2) is 0 Å². The molecule has 1 aliphatic heterocycles. The normalized spacial score (nSPS) is 21.2. The fraction of sp³-hybridized carbons (Fsp3) is 0.364. The highest BCUT2D eigenvalue weighted by Gasteiger charge is 2.16. The third-order valence-electron chi connectivity index (χ3n) is 2.29. The Bertz CT molecular complexity index is 323. The van der Waals surface area contributed by atoms with Gasteiger partial charge in [0, 0.05) is 4.43 Å². The number of oxime groups is 1. The van der Waals surface area contributed by atoms with Crippen molar-refractivity contribution in [3.63, 3.8) is 0 Å². The molecule has 0 N–H and O–H groups in total. The summed E-state index contributed by atoms with van der Waals surface area (Å²) in [4.78, 5) is 5.37. The van der Waals surface area contributed by atoms with Crippen LogP contribution in [0.3, 0.4) is 0 Å². The number of hydrogen-bond donors (Lipinski definition) is 0. The molecule has 2 rings (SSSR count). The fourth-order valence-corrected chi connectivity index (χ4v) is 2.07. The highest BCUT2D eigenvalue weighted by atomic mass is 127. The van der Waals surface area contributed by atoms with Crippen LogP contribution in [0.25, 0.3) is 0 Å². The van der Waals surface area contributed by atoms with E-state index in [2.05, 4.69) is 39.9 Å². The summed E-state index contributed by atoms with van der Waals surface area (Å²) in [5, 5.41) is 4.16. The summed E-state index contributed by atoms with van der Waals surface area (Å²) in [5.41, 5.74) is 2.26. The average molecular weight is 301 g/mol. The lowest BCUT2D eigenvalue weighted by Crippen LogP contribution is -2.20. The van der Waals surface area contributed by atoms with Crippen molar-refractivity contribution in [2.45, 2.75) is 18.9 Å². The highest BCUT2D eigenvalue weighted by Crippen LogP contribution is 2.17. The molecule has 0 aliphatic carbocycles. The monoisotopic (exact) mass is 301 g/mol. The van der Waals surface area contributed by atoms with Gasteiger partial charge in [0.1, 0.15) is 6.10 Å². The molecule has 0 bridgehead atoms. The van der Waals surface area contributed by atoms with Crippen molar-refractivity contribution < 1.29 is 4.84 Å². The van der Waals surface area contributed by atoms with Gasteiger partial charge in [-0.25, -0.2) is 0 Å². The first-order valence-electron chi connectivity index (χ1n) is 4.74. The number of alkyl halides is 1. The van der Waals surface area contributed by atoms with E-state index in [9.17, 15) is 0 Å². The van der Waals surface area contributed by atoms with Gasteiger partial charge in [-0.1, -0.05) is 58.1 Å². The Balaban J connectivity index is 2.11. The minimum atomic E-state index is 0.308. The number of nitrogens with zero attached hydrogens (tertiary/aromatic N) is 1. The SMILES string of the molecule is ICC1CCC(c2ccccc2)=NO1. The fourth-order valence-electron chi connectivity index (χ4n) is 1.47. The average Bonchev–Trinajstić information content (AvgIpc) is 2.30. The Labute approximate surface area is 97.5 Å². The van der Waals surface area contributed by atoms with Crippen molar-refractivity contribution in [3.05, 3.63) is 35.9 Å². The predicted molar refractivity (Wildman–Crippen MR) is 66.0 cm³/mol. The number of halogens is 1. The van der Waals surface area contributed by atoms with E-state index >= 15 is 0 Å². The van der Waals surface area contributed by atoms with Gasteiger partial charge in [-0.05, 0) is 18.4 Å². The van der Waals surface area contributed by atoms with E-state index in [1.54, 1.807) is 0 Å². The molecule has 0 saturated heterocycles. The zero-order valence-electron chi connectivity index (χ0n) is 7.82. The maximum Gasteiger partial charge on any atom is 0.136 e. The molecule has 74 valence electrons. The Morgan fingerprint density at radius 3 is 2.71 bits per heavy atom. The first-order chi connectivity index (χ1) is 6.90. The molecule has 0 fully saturated rings. The summed E-state index contributed by atoms with van der Waals surface area (Å²) in [6.45, 7) is 0. The third-order valence-corrected chi connectivity index (χ3v) is 3.28. The molecule has 1 aliphatic rings. The van der Waals surface area contributed by atoms with Gasteiger partial charge >= 0.3 is 0 Å². The third kappa shape index (κ3) is 2.26. The van der Waals surface area contributed by atoms with E-state index in [1.165, 1.54) is 5.56 Å². The smallest absolute Gasteiger partial charge is 0.136 e. The van der Waals surface area contributed by atoms with Gasteiger partial charge in [0.25, 0.3) is 0 Å². The molecule has 1 heterocycles. The van der Waals surface area contributed by atoms with Crippen molar-refractivity contribution >= 4 is 28.3 Å². The van der Waals surface area contributed by atoms with E-state index in [1.807, 2.05) is 18.2 Å². The van der Waals surface area contributed by atoms with Crippen LogP contribution in [-0.4, -0.2) is 16.2 Å². The van der Waals surface area contributed by atoms with E-state index in [0.29, 0.717) is 6.10 Å².